The Balaban J connectivity index is 2.68. The molecule has 0 aliphatic rings. The van der Waals surface area contributed by atoms with E-state index in [1.54, 1.807) is 6.07 Å². The summed E-state index contributed by atoms with van der Waals surface area (Å²) in [6.07, 6.45) is 0. The van der Waals surface area contributed by atoms with E-state index < -0.39 is 0 Å². The van der Waals surface area contributed by atoms with Crippen LogP contribution < -0.4 is 0 Å². The molecule has 1 aromatic heterocycles. The highest BCUT2D eigenvalue weighted by molar-refractivity contribution is 6.11. The Morgan fingerprint density at radius 1 is 1.00 bits per heavy atom. The maximum Gasteiger partial charge on any atom is 0.408 e. The molecule has 3 aromatic rings. The van der Waals surface area contributed by atoms with Gasteiger partial charge in [-0.05, 0) is 6.07 Å². The smallest absolute Gasteiger partial charge is 0.337 e. The molecule has 0 aliphatic carbocycles. The maximum absolute atomic E-state index is 9.00. The zero-order valence-electron chi connectivity index (χ0n) is 8.88. The van der Waals surface area contributed by atoms with E-state index in [-0.39, 0.29) is 0 Å². The SMILES string of the molecule is Cn1c2ccccc2c2cccc([N+]#N)c21. The highest BCUT2D eigenvalue weighted by Crippen LogP contribution is 2.33. The Labute approximate surface area is 92.5 Å². The fourth-order valence-corrected chi connectivity index (χ4v) is 2.30. The third-order valence-corrected chi connectivity index (χ3v) is 3.01. The van der Waals surface area contributed by atoms with Gasteiger partial charge in [0.1, 0.15) is 5.52 Å². The average Bonchev–Trinajstić information content (AvgIpc) is 2.64. The van der Waals surface area contributed by atoms with Gasteiger partial charge in [-0.3, -0.25) is 0 Å². The van der Waals surface area contributed by atoms with Crippen LogP contribution in [0.5, 0.6) is 0 Å². The summed E-state index contributed by atoms with van der Waals surface area (Å²) in [6.45, 7) is 0. The third kappa shape index (κ3) is 0.986. The number of diazo groups is 1. The number of hydrogen-bond acceptors (Lipinski definition) is 1. The molecule has 0 saturated heterocycles. The first-order valence-electron chi connectivity index (χ1n) is 5.14. The van der Waals surface area contributed by atoms with E-state index in [2.05, 4.69) is 21.7 Å². The van der Waals surface area contributed by atoms with Crippen LogP contribution in [-0.4, -0.2) is 4.57 Å². The summed E-state index contributed by atoms with van der Waals surface area (Å²) in [5.74, 6) is 0. The minimum Gasteiger partial charge on any atom is -0.337 e. The monoisotopic (exact) mass is 208 g/mol. The highest BCUT2D eigenvalue weighted by Gasteiger charge is 2.17. The second kappa shape index (κ2) is 3.07. The fraction of sp³-hybridized carbons (Fsp3) is 0.0769. The van der Waals surface area contributed by atoms with Crippen LogP contribution in [0.4, 0.5) is 5.69 Å². The van der Waals surface area contributed by atoms with Crippen molar-refractivity contribution < 1.29 is 0 Å². The van der Waals surface area contributed by atoms with Crippen LogP contribution in [0.1, 0.15) is 0 Å². The van der Waals surface area contributed by atoms with Crippen LogP contribution in [0.2, 0.25) is 0 Å². The van der Waals surface area contributed by atoms with E-state index in [4.69, 9.17) is 5.39 Å². The minimum atomic E-state index is 0.608. The Morgan fingerprint density at radius 2 is 1.75 bits per heavy atom. The first kappa shape index (κ1) is 8.93. The third-order valence-electron chi connectivity index (χ3n) is 3.01. The summed E-state index contributed by atoms with van der Waals surface area (Å²) < 4.78 is 2.06. The Bertz CT molecular complexity index is 732. The van der Waals surface area contributed by atoms with Gasteiger partial charge in [0.25, 0.3) is 0 Å². The molecule has 2 aromatic carbocycles. The first-order chi connectivity index (χ1) is 7.83. The Morgan fingerprint density at radius 3 is 2.56 bits per heavy atom. The van der Waals surface area contributed by atoms with Gasteiger partial charge in [-0.2, -0.15) is 0 Å². The van der Waals surface area contributed by atoms with Gasteiger partial charge < -0.3 is 4.57 Å². The lowest BCUT2D eigenvalue weighted by molar-refractivity contribution is 1.02. The van der Waals surface area contributed by atoms with Crippen molar-refractivity contribution in [1.82, 2.24) is 4.57 Å². The normalized spacial score (nSPS) is 10.8. The molecule has 76 valence electrons. The Kier molecular flexibility index (Phi) is 1.72. The lowest BCUT2D eigenvalue weighted by Crippen LogP contribution is -1.85. The van der Waals surface area contributed by atoms with Crippen LogP contribution in [0, 0.1) is 5.39 Å². The second-order valence-electron chi connectivity index (χ2n) is 3.85. The predicted octanol–water partition coefficient (Wildman–Crippen LogP) is 3.82. The summed E-state index contributed by atoms with van der Waals surface area (Å²) in [7, 11) is 1.99. The summed E-state index contributed by atoms with van der Waals surface area (Å²) in [4.78, 5) is 3.33. The molecule has 0 fully saturated rings. The number of nitrogens with zero attached hydrogens (tertiary/aromatic N) is 3. The molecule has 3 rings (SSSR count). The largest absolute Gasteiger partial charge is 0.408 e. The van der Waals surface area contributed by atoms with Gasteiger partial charge in [-0.1, -0.05) is 30.3 Å². The molecule has 0 unspecified atom stereocenters. The summed E-state index contributed by atoms with van der Waals surface area (Å²) in [5, 5.41) is 11.3. The molecule has 0 atom stereocenters. The molecule has 1 heterocycles. The summed E-state index contributed by atoms with van der Waals surface area (Å²) >= 11 is 0. The van der Waals surface area contributed by atoms with E-state index in [1.807, 2.05) is 31.3 Å². The predicted molar refractivity (Wildman–Crippen MR) is 65.2 cm³/mol. The van der Waals surface area contributed by atoms with Crippen molar-refractivity contribution in [3.63, 3.8) is 0 Å². The average molecular weight is 208 g/mol. The number of para-hydroxylation sites is 2. The quantitative estimate of drug-likeness (QED) is 0.517. The van der Waals surface area contributed by atoms with Crippen molar-refractivity contribution in [2.45, 2.75) is 0 Å². The van der Waals surface area contributed by atoms with Crippen LogP contribution in [0.3, 0.4) is 0 Å². The zero-order valence-corrected chi connectivity index (χ0v) is 8.88. The van der Waals surface area contributed by atoms with Crippen molar-refractivity contribution in [1.29, 1.82) is 5.39 Å². The zero-order chi connectivity index (χ0) is 11.1. The number of aromatic nitrogens is 1. The van der Waals surface area contributed by atoms with Gasteiger partial charge in [0.15, 0.2) is 4.98 Å². The standard InChI is InChI=1S/C13H10N3/c1-16-12-8-3-2-5-9(12)10-6-4-7-11(15-14)13(10)16/h2-8H,1H3/q+1. The van der Waals surface area contributed by atoms with Crippen LogP contribution in [0.15, 0.2) is 42.5 Å². The molecule has 16 heavy (non-hydrogen) atoms. The topological polar surface area (TPSA) is 33.1 Å². The van der Waals surface area contributed by atoms with Crippen LogP contribution >= 0.6 is 0 Å². The van der Waals surface area contributed by atoms with E-state index >= 15 is 0 Å². The molecule has 0 saturated carbocycles. The molecule has 0 N–H and O–H groups in total. The lowest BCUT2D eigenvalue weighted by Gasteiger charge is -1.94. The van der Waals surface area contributed by atoms with Gasteiger partial charge in [0.2, 0.25) is 5.39 Å². The van der Waals surface area contributed by atoms with Gasteiger partial charge >= 0.3 is 5.69 Å². The molecule has 0 radical (unpaired) electrons. The number of fused-ring (bicyclic) bond motifs is 3. The van der Waals surface area contributed by atoms with Crippen LogP contribution in [0.25, 0.3) is 26.8 Å². The van der Waals surface area contributed by atoms with E-state index in [0.29, 0.717) is 5.69 Å². The first-order valence-corrected chi connectivity index (χ1v) is 5.14. The maximum atomic E-state index is 9.00. The molecule has 0 bridgehead atoms. The van der Waals surface area contributed by atoms with E-state index in [0.717, 1.165) is 16.4 Å². The van der Waals surface area contributed by atoms with Gasteiger partial charge in [-0.25, -0.2) is 0 Å². The number of rotatable bonds is 0. The second-order valence-corrected chi connectivity index (χ2v) is 3.85. The van der Waals surface area contributed by atoms with Crippen molar-refractivity contribution in [3.8, 4) is 0 Å². The van der Waals surface area contributed by atoms with E-state index in [9.17, 15) is 0 Å². The van der Waals surface area contributed by atoms with E-state index in [1.165, 1.54) is 5.39 Å². The Hall–Kier alpha value is -2.34. The molecule has 0 aliphatic heterocycles. The van der Waals surface area contributed by atoms with Gasteiger partial charge in [0, 0.05) is 29.4 Å². The van der Waals surface area contributed by atoms with Crippen LogP contribution in [-0.2, 0) is 7.05 Å². The van der Waals surface area contributed by atoms with Crippen molar-refractivity contribution in [2.24, 2.45) is 7.05 Å². The minimum absolute atomic E-state index is 0.608. The highest BCUT2D eigenvalue weighted by atomic mass is 15.0. The molecular formula is C13H10N3+. The number of aryl methyl sites for hydroxylation is 1. The number of hydrogen-bond donors (Lipinski definition) is 0. The molecular weight excluding hydrogens is 198 g/mol. The molecule has 3 heteroatoms. The fourth-order valence-electron chi connectivity index (χ4n) is 2.30. The van der Waals surface area contributed by atoms with Crippen molar-refractivity contribution in [2.75, 3.05) is 0 Å². The van der Waals surface area contributed by atoms with Gasteiger partial charge in [0.05, 0.1) is 0 Å². The molecule has 3 nitrogen and oxygen atoms in total. The number of benzene rings is 2. The summed E-state index contributed by atoms with van der Waals surface area (Å²) in [5.41, 5.74) is 2.72. The molecule has 0 amide bonds. The molecule has 0 spiro atoms. The van der Waals surface area contributed by atoms with Gasteiger partial charge in [-0.15, -0.1) is 0 Å². The van der Waals surface area contributed by atoms with Crippen molar-refractivity contribution in [3.05, 3.63) is 47.4 Å². The van der Waals surface area contributed by atoms with Crippen molar-refractivity contribution >= 4 is 27.5 Å². The summed E-state index contributed by atoms with van der Waals surface area (Å²) in [6, 6.07) is 13.9. The lowest BCUT2D eigenvalue weighted by atomic mass is 10.1.